The second-order valence-electron chi connectivity index (χ2n) is 9.88. The van der Waals surface area contributed by atoms with Crippen molar-refractivity contribution in [1.29, 1.82) is 0 Å². The van der Waals surface area contributed by atoms with Crippen LogP contribution in [0.15, 0.2) is 47.5 Å². The highest BCUT2D eigenvalue weighted by molar-refractivity contribution is 6.20. The molecule has 1 aliphatic rings. The molecule has 16 heteroatoms. The Morgan fingerprint density at radius 3 is 2.07 bits per heavy atom. The fourth-order valence-corrected chi connectivity index (χ4v) is 4.59. The van der Waals surface area contributed by atoms with Gasteiger partial charge >= 0.3 is 18.5 Å². The average Bonchev–Trinajstić information content (AvgIpc) is 3.01. The van der Waals surface area contributed by atoms with Crippen LogP contribution in [0.2, 0.25) is 0 Å². The highest BCUT2D eigenvalue weighted by Gasteiger charge is 2.41. The van der Waals surface area contributed by atoms with Crippen molar-refractivity contribution in [1.82, 2.24) is 5.32 Å². The number of benzodiazepines with no additional fused rings is 1. The zero-order valence-electron chi connectivity index (χ0n) is 22.3. The first kappa shape index (κ1) is 33.4. The van der Waals surface area contributed by atoms with Gasteiger partial charge in [0.1, 0.15) is 0 Å². The molecule has 0 saturated heterocycles. The molecule has 2 aromatic rings. The molecule has 3 rings (SSSR count). The fraction of sp³-hybridized carbons (Fsp3) is 0.407. The van der Waals surface area contributed by atoms with Gasteiger partial charge in [-0.1, -0.05) is 30.3 Å². The molecule has 3 amide bonds. The normalized spacial score (nSPS) is 17.2. The van der Waals surface area contributed by atoms with Crippen LogP contribution in [0, 0.1) is 18.8 Å². The number of nitrogens with zero attached hydrogens (tertiary/aromatic N) is 1. The number of amides is 3. The van der Waals surface area contributed by atoms with Gasteiger partial charge in [0.25, 0.3) is 5.91 Å². The summed E-state index contributed by atoms with van der Waals surface area (Å²) >= 11 is 0. The van der Waals surface area contributed by atoms with E-state index in [0.717, 1.165) is 18.2 Å². The standard InChI is InChI=1S/C27H25F9N4O3/c1-13-4-2-7-18-19(13)39-24(43)22(38-20(18)14-5-3-6-15(12-14)27(34,35)36)40-23(42)17(9-11-26(31,32)33)16(21(37)41)8-10-25(28,29)30/h2-7,12,16-17,22H,8-11H2,1H3,(H2,37,41)(H,39,43)(H,40,42)/t16-,17+,22-/m1/s1. The Bertz CT molecular complexity index is 1400. The van der Waals surface area contributed by atoms with Gasteiger partial charge in [-0.2, -0.15) is 39.5 Å². The van der Waals surface area contributed by atoms with Crippen LogP contribution < -0.4 is 16.4 Å². The minimum absolute atomic E-state index is 0.120. The van der Waals surface area contributed by atoms with Crippen LogP contribution in [-0.2, 0) is 20.6 Å². The SMILES string of the molecule is Cc1cccc2c1NC(=O)[C@@H](NC(=O)[C@@H](CCC(F)(F)F)[C@@H](CCC(F)(F)F)C(N)=O)N=C2c1cccc(C(F)(F)F)c1. The molecule has 0 saturated carbocycles. The Labute approximate surface area is 238 Å². The molecule has 0 radical (unpaired) electrons. The largest absolute Gasteiger partial charge is 0.416 e. The van der Waals surface area contributed by atoms with Crippen LogP contribution in [-0.4, -0.2) is 42.0 Å². The zero-order chi connectivity index (χ0) is 32.3. The van der Waals surface area contributed by atoms with Gasteiger partial charge < -0.3 is 16.4 Å². The number of aliphatic imine (C=N–C) groups is 1. The third-order valence-electron chi connectivity index (χ3n) is 6.69. The number of carbonyl (C=O) groups excluding carboxylic acids is 3. The number of benzene rings is 2. The quantitative estimate of drug-likeness (QED) is 0.314. The summed E-state index contributed by atoms with van der Waals surface area (Å²) in [5.74, 6) is -7.98. The molecule has 1 aliphatic heterocycles. The average molecular weight is 625 g/mol. The fourth-order valence-electron chi connectivity index (χ4n) is 4.59. The van der Waals surface area contributed by atoms with Gasteiger partial charge in [-0.3, -0.25) is 14.4 Å². The second kappa shape index (κ2) is 12.6. The van der Waals surface area contributed by atoms with E-state index < -0.39 is 85.5 Å². The van der Waals surface area contributed by atoms with Crippen molar-refractivity contribution in [2.75, 3.05) is 5.32 Å². The molecule has 3 atom stereocenters. The number of alkyl halides is 9. The van der Waals surface area contributed by atoms with E-state index in [1.807, 2.05) is 0 Å². The van der Waals surface area contributed by atoms with Crippen LogP contribution in [0.1, 0.15) is 47.9 Å². The number of para-hydroxylation sites is 1. The number of carbonyl (C=O) groups is 3. The zero-order valence-corrected chi connectivity index (χ0v) is 22.3. The van der Waals surface area contributed by atoms with Crippen molar-refractivity contribution in [3.63, 3.8) is 0 Å². The molecule has 234 valence electrons. The summed E-state index contributed by atoms with van der Waals surface area (Å²) in [7, 11) is 0. The molecule has 43 heavy (non-hydrogen) atoms. The highest BCUT2D eigenvalue weighted by Crippen LogP contribution is 2.34. The maximum absolute atomic E-state index is 13.5. The number of rotatable bonds is 9. The minimum Gasteiger partial charge on any atom is -0.369 e. The van der Waals surface area contributed by atoms with E-state index in [4.69, 9.17) is 5.73 Å². The Morgan fingerprint density at radius 2 is 1.51 bits per heavy atom. The van der Waals surface area contributed by atoms with Gasteiger partial charge in [-0.25, -0.2) is 4.99 Å². The number of anilines is 1. The third-order valence-corrected chi connectivity index (χ3v) is 6.69. The smallest absolute Gasteiger partial charge is 0.369 e. The van der Waals surface area contributed by atoms with Crippen LogP contribution in [0.25, 0.3) is 0 Å². The van der Waals surface area contributed by atoms with E-state index in [9.17, 15) is 53.9 Å². The number of halogens is 9. The molecule has 0 aliphatic carbocycles. The number of nitrogens with two attached hydrogens (primary N) is 1. The maximum Gasteiger partial charge on any atom is 0.416 e. The molecule has 0 unspecified atom stereocenters. The third kappa shape index (κ3) is 8.94. The molecule has 0 bridgehead atoms. The first-order chi connectivity index (χ1) is 19.8. The lowest BCUT2D eigenvalue weighted by atomic mass is 9.83. The predicted octanol–water partition coefficient (Wildman–Crippen LogP) is 5.65. The first-order valence-corrected chi connectivity index (χ1v) is 12.7. The Balaban J connectivity index is 2.07. The Hall–Kier alpha value is -4.11. The molecule has 0 aromatic heterocycles. The van der Waals surface area contributed by atoms with Crippen LogP contribution in [0.3, 0.4) is 0 Å². The van der Waals surface area contributed by atoms with Crippen LogP contribution in [0.5, 0.6) is 0 Å². The van der Waals surface area contributed by atoms with Crippen molar-refractivity contribution in [3.8, 4) is 0 Å². The molecule has 7 nitrogen and oxygen atoms in total. The number of hydrogen-bond acceptors (Lipinski definition) is 4. The number of aryl methyl sites for hydroxylation is 1. The maximum atomic E-state index is 13.5. The monoisotopic (exact) mass is 624 g/mol. The van der Waals surface area contributed by atoms with E-state index in [0.29, 0.717) is 5.56 Å². The highest BCUT2D eigenvalue weighted by atomic mass is 19.4. The van der Waals surface area contributed by atoms with E-state index in [1.165, 1.54) is 18.2 Å². The second-order valence-corrected chi connectivity index (χ2v) is 9.88. The molecular weight excluding hydrogens is 599 g/mol. The van der Waals surface area contributed by atoms with Crippen molar-refractivity contribution < 1.29 is 53.9 Å². The van der Waals surface area contributed by atoms with Gasteiger partial charge in [0.2, 0.25) is 18.0 Å². The van der Waals surface area contributed by atoms with Gasteiger partial charge in [-0.15, -0.1) is 0 Å². The van der Waals surface area contributed by atoms with Crippen LogP contribution in [0.4, 0.5) is 45.2 Å². The van der Waals surface area contributed by atoms with Crippen molar-refractivity contribution in [2.24, 2.45) is 22.6 Å². The van der Waals surface area contributed by atoms with Crippen molar-refractivity contribution in [3.05, 3.63) is 64.7 Å². The summed E-state index contributed by atoms with van der Waals surface area (Å²) in [6, 6.07) is 8.37. The Kier molecular flexibility index (Phi) is 9.81. The van der Waals surface area contributed by atoms with Gasteiger partial charge in [0.15, 0.2) is 0 Å². The summed E-state index contributed by atoms with van der Waals surface area (Å²) in [6.45, 7) is 1.56. The first-order valence-electron chi connectivity index (χ1n) is 12.7. The van der Waals surface area contributed by atoms with E-state index in [2.05, 4.69) is 15.6 Å². The Morgan fingerprint density at radius 1 is 0.930 bits per heavy atom. The van der Waals surface area contributed by atoms with E-state index in [-0.39, 0.29) is 22.5 Å². The number of hydrogen-bond donors (Lipinski definition) is 3. The molecule has 0 fully saturated rings. The lowest BCUT2D eigenvalue weighted by molar-refractivity contribution is -0.152. The lowest BCUT2D eigenvalue weighted by Gasteiger charge is -2.26. The molecule has 2 aromatic carbocycles. The summed E-state index contributed by atoms with van der Waals surface area (Å²) in [5, 5.41) is 4.53. The predicted molar refractivity (Wildman–Crippen MR) is 136 cm³/mol. The number of primary amides is 1. The molecule has 4 N–H and O–H groups in total. The van der Waals surface area contributed by atoms with Gasteiger partial charge in [-0.05, 0) is 37.5 Å². The summed E-state index contributed by atoms with van der Waals surface area (Å²) < 4.78 is 118. The summed E-state index contributed by atoms with van der Waals surface area (Å²) in [6.07, 6.45) is -22.0. The van der Waals surface area contributed by atoms with Crippen molar-refractivity contribution >= 4 is 29.1 Å². The minimum atomic E-state index is -4.86. The lowest BCUT2D eigenvalue weighted by Crippen LogP contribution is -2.48. The topological polar surface area (TPSA) is 114 Å². The summed E-state index contributed by atoms with van der Waals surface area (Å²) in [4.78, 5) is 42.6. The van der Waals surface area contributed by atoms with Gasteiger partial charge in [0, 0.05) is 35.8 Å². The number of fused-ring (bicyclic) bond motifs is 1. The summed E-state index contributed by atoms with van der Waals surface area (Å²) in [5.41, 5.74) is 4.50. The molecular formula is C27H25F9N4O3. The van der Waals surface area contributed by atoms with E-state index >= 15 is 0 Å². The van der Waals surface area contributed by atoms with Gasteiger partial charge in [0.05, 0.1) is 17.0 Å². The molecule has 1 heterocycles. The van der Waals surface area contributed by atoms with Crippen molar-refractivity contribution in [2.45, 2.75) is 57.3 Å². The van der Waals surface area contributed by atoms with Crippen LogP contribution >= 0.6 is 0 Å². The number of nitrogens with one attached hydrogen (secondary N) is 2. The molecule has 0 spiro atoms. The van der Waals surface area contributed by atoms with E-state index in [1.54, 1.807) is 13.0 Å².